The van der Waals surface area contributed by atoms with Gasteiger partial charge in [-0.1, -0.05) is 13.3 Å². The number of nitrogens with zero attached hydrogens (tertiary/aromatic N) is 3. The molecule has 0 bridgehead atoms. The molecule has 3 rings (SSSR count). The zero-order valence-electron chi connectivity index (χ0n) is 17.5. The monoisotopic (exact) mass is 385 g/mol. The molecule has 28 heavy (non-hydrogen) atoms. The van der Waals surface area contributed by atoms with Gasteiger partial charge in [-0.05, 0) is 75.9 Å². The van der Waals surface area contributed by atoms with Crippen molar-refractivity contribution < 1.29 is 9.59 Å². The number of amides is 2. The van der Waals surface area contributed by atoms with Crippen LogP contribution in [0.1, 0.15) is 62.2 Å². The highest BCUT2D eigenvalue weighted by molar-refractivity contribution is 5.97. The van der Waals surface area contributed by atoms with Gasteiger partial charge >= 0.3 is 0 Å². The van der Waals surface area contributed by atoms with Crippen molar-refractivity contribution in [1.29, 1.82) is 0 Å². The maximum Gasteiger partial charge on any atom is 0.253 e. The molecule has 0 radical (unpaired) electrons. The van der Waals surface area contributed by atoms with E-state index in [0.717, 1.165) is 63.1 Å². The second-order valence-electron chi connectivity index (χ2n) is 8.40. The molecule has 2 amide bonds. The lowest BCUT2D eigenvalue weighted by atomic mass is 9.95. The third-order valence-electron chi connectivity index (χ3n) is 6.11. The van der Waals surface area contributed by atoms with E-state index >= 15 is 0 Å². The van der Waals surface area contributed by atoms with Gasteiger partial charge in [0, 0.05) is 43.9 Å². The smallest absolute Gasteiger partial charge is 0.253 e. The Morgan fingerprint density at radius 3 is 2.46 bits per heavy atom. The molecule has 0 spiro atoms. The Morgan fingerprint density at radius 2 is 1.82 bits per heavy atom. The van der Waals surface area contributed by atoms with Crippen molar-refractivity contribution in [2.24, 2.45) is 5.92 Å². The quantitative estimate of drug-likeness (QED) is 0.717. The van der Waals surface area contributed by atoms with E-state index in [9.17, 15) is 9.59 Å². The Kier molecular flexibility index (Phi) is 7.49. The average Bonchev–Trinajstić information content (AvgIpc) is 2.73. The number of anilines is 1. The van der Waals surface area contributed by atoms with Crippen LogP contribution in [0.15, 0.2) is 24.3 Å². The first kappa shape index (κ1) is 20.8. The summed E-state index contributed by atoms with van der Waals surface area (Å²) < 4.78 is 0. The molecule has 2 heterocycles. The normalized spacial score (nSPS) is 18.8. The first-order valence-electron chi connectivity index (χ1n) is 11.0. The maximum absolute atomic E-state index is 12.9. The van der Waals surface area contributed by atoms with Gasteiger partial charge in [-0.2, -0.15) is 0 Å². The van der Waals surface area contributed by atoms with E-state index in [-0.39, 0.29) is 11.8 Å². The highest BCUT2D eigenvalue weighted by Crippen LogP contribution is 2.23. The lowest BCUT2D eigenvalue weighted by Gasteiger charge is -2.34. The molecule has 2 fully saturated rings. The van der Waals surface area contributed by atoms with Crippen LogP contribution in [0.3, 0.4) is 0 Å². The summed E-state index contributed by atoms with van der Waals surface area (Å²) in [7, 11) is 2.21. The topological polar surface area (TPSA) is 43.9 Å². The SMILES string of the molecule is CCCCN(C)CC1CCN(C(=O)c2ccc(N3CCCCC3=O)cc2)CC1. The van der Waals surface area contributed by atoms with Crippen molar-refractivity contribution in [3.8, 4) is 0 Å². The second-order valence-corrected chi connectivity index (χ2v) is 8.40. The van der Waals surface area contributed by atoms with Crippen molar-refractivity contribution in [2.75, 3.05) is 44.7 Å². The third-order valence-corrected chi connectivity index (χ3v) is 6.11. The number of benzene rings is 1. The second kappa shape index (κ2) is 10.1. The predicted molar refractivity (Wildman–Crippen MR) is 114 cm³/mol. The van der Waals surface area contributed by atoms with Gasteiger partial charge in [-0.3, -0.25) is 9.59 Å². The molecule has 2 aliphatic heterocycles. The molecule has 0 unspecified atom stereocenters. The van der Waals surface area contributed by atoms with Crippen molar-refractivity contribution >= 4 is 17.5 Å². The lowest BCUT2D eigenvalue weighted by molar-refractivity contribution is -0.119. The lowest BCUT2D eigenvalue weighted by Crippen LogP contribution is -2.41. The minimum absolute atomic E-state index is 0.120. The molecule has 5 nitrogen and oxygen atoms in total. The van der Waals surface area contributed by atoms with Crippen molar-refractivity contribution in [3.05, 3.63) is 29.8 Å². The van der Waals surface area contributed by atoms with E-state index in [1.54, 1.807) is 0 Å². The molecular weight excluding hydrogens is 350 g/mol. The first-order valence-corrected chi connectivity index (χ1v) is 11.0. The molecule has 0 aliphatic carbocycles. The van der Waals surface area contributed by atoms with Crippen LogP contribution in [-0.4, -0.2) is 61.4 Å². The minimum Gasteiger partial charge on any atom is -0.339 e. The standard InChI is InChI=1S/C23H35N3O2/c1-3-4-14-24(2)18-19-12-16-25(17-13-19)23(28)20-8-10-21(11-9-20)26-15-6-5-7-22(26)27/h8-11,19H,3-7,12-18H2,1-2H3. The highest BCUT2D eigenvalue weighted by Gasteiger charge is 2.25. The summed E-state index contributed by atoms with van der Waals surface area (Å²) in [6.07, 6.45) is 7.33. The average molecular weight is 386 g/mol. The Hall–Kier alpha value is -1.88. The summed E-state index contributed by atoms with van der Waals surface area (Å²) in [6, 6.07) is 7.60. The Balaban J connectivity index is 1.50. The van der Waals surface area contributed by atoms with Crippen LogP contribution in [0.2, 0.25) is 0 Å². The molecule has 1 aromatic rings. The fourth-order valence-corrected chi connectivity index (χ4v) is 4.32. The molecule has 0 aromatic heterocycles. The van der Waals surface area contributed by atoms with Gasteiger partial charge in [0.25, 0.3) is 5.91 Å². The zero-order chi connectivity index (χ0) is 19.9. The van der Waals surface area contributed by atoms with E-state index in [1.807, 2.05) is 34.1 Å². The van der Waals surface area contributed by atoms with Crippen LogP contribution in [0.5, 0.6) is 0 Å². The van der Waals surface area contributed by atoms with Crippen LogP contribution in [-0.2, 0) is 4.79 Å². The molecular formula is C23H35N3O2. The highest BCUT2D eigenvalue weighted by atomic mass is 16.2. The van der Waals surface area contributed by atoms with Gasteiger partial charge in [0.2, 0.25) is 5.91 Å². The zero-order valence-corrected chi connectivity index (χ0v) is 17.5. The van der Waals surface area contributed by atoms with Crippen molar-refractivity contribution in [2.45, 2.75) is 51.9 Å². The molecule has 2 saturated heterocycles. The van der Waals surface area contributed by atoms with Gasteiger partial charge in [-0.15, -0.1) is 0 Å². The number of likely N-dealkylation sites (tertiary alicyclic amines) is 1. The first-order chi connectivity index (χ1) is 13.6. The van der Waals surface area contributed by atoms with E-state index in [0.29, 0.717) is 12.3 Å². The molecule has 154 valence electrons. The maximum atomic E-state index is 12.9. The van der Waals surface area contributed by atoms with Gasteiger partial charge in [0.05, 0.1) is 0 Å². The number of carbonyl (C=O) groups excluding carboxylic acids is 2. The van der Waals surface area contributed by atoms with Crippen LogP contribution in [0.4, 0.5) is 5.69 Å². The predicted octanol–water partition coefficient (Wildman–Crippen LogP) is 3.79. The van der Waals surface area contributed by atoms with Gasteiger partial charge in [0.15, 0.2) is 0 Å². The van der Waals surface area contributed by atoms with Crippen LogP contribution < -0.4 is 4.90 Å². The van der Waals surface area contributed by atoms with Gasteiger partial charge in [-0.25, -0.2) is 0 Å². The largest absolute Gasteiger partial charge is 0.339 e. The van der Waals surface area contributed by atoms with Gasteiger partial charge < -0.3 is 14.7 Å². The van der Waals surface area contributed by atoms with Crippen LogP contribution >= 0.6 is 0 Å². The van der Waals surface area contributed by atoms with Gasteiger partial charge in [0.1, 0.15) is 0 Å². The van der Waals surface area contributed by atoms with E-state index < -0.39 is 0 Å². The number of hydrogen-bond donors (Lipinski definition) is 0. The van der Waals surface area contributed by atoms with Crippen molar-refractivity contribution in [3.63, 3.8) is 0 Å². The Bertz CT molecular complexity index is 650. The van der Waals surface area contributed by atoms with E-state index in [4.69, 9.17) is 0 Å². The number of rotatable bonds is 7. The minimum atomic E-state index is 0.120. The third kappa shape index (κ3) is 5.34. The summed E-state index contributed by atoms with van der Waals surface area (Å²) in [6.45, 7) is 7.01. The van der Waals surface area contributed by atoms with Crippen molar-refractivity contribution in [1.82, 2.24) is 9.80 Å². The van der Waals surface area contributed by atoms with E-state index in [2.05, 4.69) is 18.9 Å². The Labute approximate surface area is 169 Å². The molecule has 0 saturated carbocycles. The molecule has 0 N–H and O–H groups in total. The molecule has 0 atom stereocenters. The molecule has 5 heteroatoms. The number of unbranched alkanes of at least 4 members (excludes halogenated alkanes) is 1. The summed E-state index contributed by atoms with van der Waals surface area (Å²) >= 11 is 0. The van der Waals surface area contributed by atoms with Crippen LogP contribution in [0, 0.1) is 5.92 Å². The van der Waals surface area contributed by atoms with Crippen LogP contribution in [0.25, 0.3) is 0 Å². The summed E-state index contributed by atoms with van der Waals surface area (Å²) in [5, 5.41) is 0. The fraction of sp³-hybridized carbons (Fsp3) is 0.652. The molecule has 2 aliphatic rings. The summed E-state index contributed by atoms with van der Waals surface area (Å²) in [5.41, 5.74) is 1.64. The van der Waals surface area contributed by atoms with E-state index in [1.165, 1.54) is 19.4 Å². The fourth-order valence-electron chi connectivity index (χ4n) is 4.32. The summed E-state index contributed by atoms with van der Waals surface area (Å²) in [4.78, 5) is 31.2. The number of hydrogen-bond acceptors (Lipinski definition) is 3. The number of piperidine rings is 2. The molecule has 1 aromatic carbocycles. The Morgan fingerprint density at radius 1 is 1.11 bits per heavy atom. The summed E-state index contributed by atoms with van der Waals surface area (Å²) in [5.74, 6) is 1.00. The number of carbonyl (C=O) groups is 2.